The van der Waals surface area contributed by atoms with E-state index in [1.54, 1.807) is 36.1 Å². The van der Waals surface area contributed by atoms with Crippen molar-refractivity contribution in [3.8, 4) is 11.4 Å². The van der Waals surface area contributed by atoms with Crippen LogP contribution in [0.4, 0.5) is 24.5 Å². The predicted octanol–water partition coefficient (Wildman–Crippen LogP) is 4.55. The van der Waals surface area contributed by atoms with Crippen molar-refractivity contribution in [2.75, 3.05) is 43.4 Å². The molecule has 35 heavy (non-hydrogen) atoms. The van der Waals surface area contributed by atoms with Crippen LogP contribution < -0.4 is 10.2 Å². The number of imidazole rings is 1. The number of anilines is 2. The van der Waals surface area contributed by atoms with E-state index in [0.717, 1.165) is 6.07 Å². The highest BCUT2D eigenvalue weighted by Gasteiger charge is 2.36. The molecule has 0 bridgehead atoms. The maximum atomic E-state index is 14.0. The number of nitrogens with one attached hydrogen (secondary N) is 2. The van der Waals surface area contributed by atoms with Gasteiger partial charge >= 0.3 is 6.18 Å². The van der Waals surface area contributed by atoms with Gasteiger partial charge in [-0.2, -0.15) is 13.2 Å². The average Bonchev–Trinajstić information content (AvgIpc) is 3.44. The summed E-state index contributed by atoms with van der Waals surface area (Å²) < 4.78 is 46.9. The molecule has 1 saturated heterocycles. The Morgan fingerprint density at radius 2 is 1.89 bits per heavy atom. The molecule has 0 unspecified atom stereocenters. The lowest BCUT2D eigenvalue weighted by molar-refractivity contribution is -0.137. The van der Waals surface area contributed by atoms with Gasteiger partial charge in [0.1, 0.15) is 17.1 Å². The molecule has 5 rings (SSSR count). The minimum atomic E-state index is -4.50. The number of benzene rings is 2. The first-order valence-electron chi connectivity index (χ1n) is 11.1. The first-order chi connectivity index (χ1) is 16.7. The number of nitrogens with zero attached hydrogens (tertiary/aromatic N) is 4. The third kappa shape index (κ3) is 4.59. The zero-order valence-electron chi connectivity index (χ0n) is 19.1. The molecule has 2 aromatic heterocycles. The normalized spacial score (nSPS) is 15.1. The second-order valence-electron chi connectivity index (χ2n) is 8.59. The summed E-state index contributed by atoms with van der Waals surface area (Å²) in [4.78, 5) is 23.8. The first-order valence-corrected chi connectivity index (χ1v) is 11.1. The van der Waals surface area contributed by atoms with Crippen molar-refractivity contribution in [2.45, 2.75) is 13.1 Å². The zero-order chi connectivity index (χ0) is 24.7. The molecule has 1 fully saturated rings. The topological polar surface area (TPSA) is 90.3 Å². The van der Waals surface area contributed by atoms with E-state index in [0.29, 0.717) is 65.6 Å². The predicted molar refractivity (Wildman–Crippen MR) is 125 cm³/mol. The maximum absolute atomic E-state index is 14.0. The minimum Gasteiger partial charge on any atom is -0.368 e. The smallest absolute Gasteiger partial charge is 0.368 e. The third-order valence-corrected chi connectivity index (χ3v) is 6.16. The summed E-state index contributed by atoms with van der Waals surface area (Å²) in [6.07, 6.45) is -3.17. The number of alkyl halides is 3. The van der Waals surface area contributed by atoms with Crippen LogP contribution in [0.25, 0.3) is 22.4 Å². The number of H-pyrrole nitrogens is 1. The summed E-state index contributed by atoms with van der Waals surface area (Å²) in [5, 5.41) is 6.35. The Morgan fingerprint density at radius 1 is 1.11 bits per heavy atom. The summed E-state index contributed by atoms with van der Waals surface area (Å²) in [6, 6.07) is 9.36. The van der Waals surface area contributed by atoms with Crippen LogP contribution in [0.15, 0.2) is 47.1 Å². The van der Waals surface area contributed by atoms with Gasteiger partial charge in [-0.05, 0) is 50.4 Å². The van der Waals surface area contributed by atoms with Crippen LogP contribution in [-0.2, 0) is 6.18 Å². The van der Waals surface area contributed by atoms with Gasteiger partial charge in [0.25, 0.3) is 5.91 Å². The van der Waals surface area contributed by atoms with Crippen molar-refractivity contribution in [1.82, 2.24) is 20.0 Å². The number of carbonyl (C=O) groups is 1. The summed E-state index contributed by atoms with van der Waals surface area (Å²) in [5.41, 5.74) is 1.77. The Morgan fingerprint density at radius 3 is 2.57 bits per heavy atom. The number of likely N-dealkylation sites (N-methyl/N-ethyl adjacent to an activating group) is 1. The SMILES string of the molecule is Cc1oncc1C(=O)Nc1ccc2[nH]c(-c3ccc(N4CCN(C)CC4)c(C(F)(F)F)c3)nc2c1. The number of piperazine rings is 1. The largest absolute Gasteiger partial charge is 0.418 e. The molecule has 1 amide bonds. The van der Waals surface area contributed by atoms with Crippen LogP contribution >= 0.6 is 0 Å². The zero-order valence-corrected chi connectivity index (χ0v) is 19.1. The molecule has 0 atom stereocenters. The van der Waals surface area contributed by atoms with Crippen molar-refractivity contribution in [2.24, 2.45) is 0 Å². The van der Waals surface area contributed by atoms with Crippen molar-refractivity contribution in [1.29, 1.82) is 0 Å². The summed E-state index contributed by atoms with van der Waals surface area (Å²) in [7, 11) is 1.96. The molecule has 1 aliphatic heterocycles. The highest BCUT2D eigenvalue weighted by atomic mass is 19.4. The number of aromatic amines is 1. The van der Waals surface area contributed by atoms with E-state index in [-0.39, 0.29) is 11.6 Å². The van der Waals surface area contributed by atoms with E-state index in [1.165, 1.54) is 12.3 Å². The van der Waals surface area contributed by atoms with Gasteiger partial charge in [0.05, 0.1) is 22.8 Å². The Hall–Kier alpha value is -3.86. The van der Waals surface area contributed by atoms with E-state index in [1.807, 2.05) is 7.05 Å². The molecule has 2 N–H and O–H groups in total. The number of amides is 1. The summed E-state index contributed by atoms with van der Waals surface area (Å²) in [6.45, 7) is 4.12. The molecule has 1 aliphatic rings. The molecule has 4 aromatic rings. The van der Waals surface area contributed by atoms with Gasteiger partial charge in [0.15, 0.2) is 0 Å². The molecule has 11 heteroatoms. The van der Waals surface area contributed by atoms with Crippen LogP contribution in [-0.4, -0.2) is 59.2 Å². The van der Waals surface area contributed by atoms with E-state index in [9.17, 15) is 18.0 Å². The average molecular weight is 484 g/mol. The Bertz CT molecular complexity index is 1390. The van der Waals surface area contributed by atoms with Gasteiger partial charge in [0, 0.05) is 43.1 Å². The van der Waals surface area contributed by atoms with Crippen molar-refractivity contribution in [3.05, 3.63) is 59.5 Å². The Balaban J connectivity index is 1.44. The molecule has 0 radical (unpaired) electrons. The standard InChI is InChI=1S/C24H23F3N6O2/c1-14-17(13-28-35-14)23(34)29-16-4-5-19-20(12-16)31-22(30-19)15-3-6-21(18(11-15)24(25,26)27)33-9-7-32(2)8-10-33/h3-6,11-13H,7-10H2,1-2H3,(H,29,34)(H,30,31). The molecule has 0 aliphatic carbocycles. The van der Waals surface area contributed by atoms with E-state index in [2.05, 4.69) is 25.3 Å². The van der Waals surface area contributed by atoms with Crippen LogP contribution in [0, 0.1) is 6.92 Å². The fourth-order valence-corrected chi connectivity index (χ4v) is 4.17. The Kier molecular flexibility index (Phi) is 5.72. The number of halogens is 3. The highest BCUT2D eigenvalue weighted by Crippen LogP contribution is 2.39. The lowest BCUT2D eigenvalue weighted by atomic mass is 10.1. The number of aryl methyl sites for hydroxylation is 1. The fourth-order valence-electron chi connectivity index (χ4n) is 4.17. The molecular formula is C24H23F3N6O2. The van der Waals surface area contributed by atoms with Crippen LogP contribution in [0.3, 0.4) is 0 Å². The number of fused-ring (bicyclic) bond motifs is 1. The molecule has 8 nitrogen and oxygen atoms in total. The molecular weight excluding hydrogens is 461 g/mol. The van der Waals surface area contributed by atoms with Crippen LogP contribution in [0.5, 0.6) is 0 Å². The maximum Gasteiger partial charge on any atom is 0.418 e. The van der Waals surface area contributed by atoms with Gasteiger partial charge in [0.2, 0.25) is 0 Å². The minimum absolute atomic E-state index is 0.180. The number of hydrogen-bond donors (Lipinski definition) is 2. The van der Waals surface area contributed by atoms with Gasteiger partial charge in [-0.15, -0.1) is 0 Å². The van der Waals surface area contributed by atoms with E-state index >= 15 is 0 Å². The van der Waals surface area contributed by atoms with Gasteiger partial charge in [-0.1, -0.05) is 5.16 Å². The van der Waals surface area contributed by atoms with Crippen molar-refractivity contribution >= 4 is 28.3 Å². The molecule has 2 aromatic carbocycles. The molecule has 0 saturated carbocycles. The highest BCUT2D eigenvalue weighted by molar-refractivity contribution is 6.05. The molecule has 182 valence electrons. The second kappa shape index (κ2) is 8.73. The summed E-state index contributed by atoms with van der Waals surface area (Å²) in [5.74, 6) is 0.327. The quantitative estimate of drug-likeness (QED) is 0.442. The lowest BCUT2D eigenvalue weighted by Gasteiger charge is -2.35. The van der Waals surface area contributed by atoms with E-state index in [4.69, 9.17) is 4.52 Å². The van der Waals surface area contributed by atoms with Crippen LogP contribution in [0.1, 0.15) is 21.7 Å². The first kappa shape index (κ1) is 22.9. The van der Waals surface area contributed by atoms with Crippen LogP contribution in [0.2, 0.25) is 0 Å². The van der Waals surface area contributed by atoms with Gasteiger partial charge in [-0.25, -0.2) is 4.98 Å². The Labute approximate surface area is 198 Å². The number of hydrogen-bond acceptors (Lipinski definition) is 6. The van der Waals surface area contributed by atoms with Crippen molar-refractivity contribution < 1.29 is 22.5 Å². The monoisotopic (exact) mass is 484 g/mol. The summed E-state index contributed by atoms with van der Waals surface area (Å²) >= 11 is 0. The van der Waals surface area contributed by atoms with Gasteiger partial charge < -0.3 is 24.6 Å². The van der Waals surface area contributed by atoms with Crippen molar-refractivity contribution in [3.63, 3.8) is 0 Å². The lowest BCUT2D eigenvalue weighted by Crippen LogP contribution is -2.45. The van der Waals surface area contributed by atoms with E-state index < -0.39 is 11.7 Å². The third-order valence-electron chi connectivity index (χ3n) is 6.16. The fraction of sp³-hybridized carbons (Fsp3) is 0.292. The number of aromatic nitrogens is 3. The number of rotatable bonds is 4. The molecule has 0 spiro atoms. The number of carbonyl (C=O) groups excluding carboxylic acids is 1. The van der Waals surface area contributed by atoms with Gasteiger partial charge in [-0.3, -0.25) is 4.79 Å². The molecule has 3 heterocycles. The second-order valence-corrected chi connectivity index (χ2v) is 8.59.